The molecule has 1 unspecified atom stereocenters. The van der Waals surface area contributed by atoms with Gasteiger partial charge in [-0.25, -0.2) is 8.42 Å². The van der Waals surface area contributed by atoms with Gasteiger partial charge in [-0.1, -0.05) is 17.7 Å². The smallest absolute Gasteiger partial charge is 0.188 e. The highest BCUT2D eigenvalue weighted by Gasteiger charge is 2.36. The van der Waals surface area contributed by atoms with Crippen molar-refractivity contribution < 1.29 is 13.2 Å². The second-order valence-electron chi connectivity index (χ2n) is 4.21. The van der Waals surface area contributed by atoms with E-state index < -0.39 is 15.1 Å². The predicted molar refractivity (Wildman–Crippen MR) is 61.0 cm³/mol. The molecular formula is C12H14O3S. The Hall–Kier alpha value is -1.16. The van der Waals surface area contributed by atoms with Crippen molar-refractivity contribution in [3.63, 3.8) is 0 Å². The van der Waals surface area contributed by atoms with Crippen LogP contribution in [-0.2, 0) is 14.6 Å². The third kappa shape index (κ3) is 1.89. The molecule has 2 rings (SSSR count). The average molecular weight is 238 g/mol. The molecule has 16 heavy (non-hydrogen) atoms. The van der Waals surface area contributed by atoms with Crippen LogP contribution in [0.4, 0.5) is 0 Å². The molecule has 0 heterocycles. The number of rotatable bonds is 2. The van der Waals surface area contributed by atoms with Crippen molar-refractivity contribution in [3.8, 4) is 0 Å². The summed E-state index contributed by atoms with van der Waals surface area (Å²) < 4.78 is 24.3. The fourth-order valence-electron chi connectivity index (χ4n) is 2.00. The van der Waals surface area contributed by atoms with Gasteiger partial charge in [0.05, 0.1) is 4.90 Å². The number of hydrogen-bond donors (Lipinski definition) is 0. The predicted octanol–water partition coefficient (Wildman–Crippen LogP) is 1.89. The largest absolute Gasteiger partial charge is 0.298 e. The van der Waals surface area contributed by atoms with Gasteiger partial charge in [0.2, 0.25) is 0 Å². The van der Waals surface area contributed by atoms with Crippen LogP contribution in [0.15, 0.2) is 29.2 Å². The molecule has 1 saturated carbocycles. The van der Waals surface area contributed by atoms with E-state index in [9.17, 15) is 13.2 Å². The Kier molecular flexibility index (Phi) is 2.84. The molecule has 4 heteroatoms. The molecule has 1 atom stereocenters. The maximum absolute atomic E-state index is 12.1. The molecule has 3 nitrogen and oxygen atoms in total. The van der Waals surface area contributed by atoms with Crippen LogP contribution >= 0.6 is 0 Å². The fourth-order valence-corrected chi connectivity index (χ4v) is 3.79. The number of benzene rings is 1. The maximum Gasteiger partial charge on any atom is 0.188 e. The number of Topliss-reactive ketones (excluding diaryl/α,β-unsaturated/α-hetero) is 1. The number of carbonyl (C=O) groups is 1. The summed E-state index contributed by atoms with van der Waals surface area (Å²) in [6, 6.07) is 6.67. The van der Waals surface area contributed by atoms with Crippen molar-refractivity contribution in [2.45, 2.75) is 36.3 Å². The summed E-state index contributed by atoms with van der Waals surface area (Å²) in [5.41, 5.74) is 1.01. The van der Waals surface area contributed by atoms with Gasteiger partial charge in [0.15, 0.2) is 15.6 Å². The topological polar surface area (TPSA) is 51.2 Å². The molecule has 0 amide bonds. The van der Waals surface area contributed by atoms with E-state index in [1.54, 1.807) is 24.3 Å². The number of aryl methyl sites for hydroxylation is 1. The monoisotopic (exact) mass is 238 g/mol. The third-order valence-electron chi connectivity index (χ3n) is 2.97. The van der Waals surface area contributed by atoms with Gasteiger partial charge in [-0.15, -0.1) is 0 Å². The molecule has 0 aliphatic heterocycles. The van der Waals surface area contributed by atoms with Gasteiger partial charge < -0.3 is 0 Å². The van der Waals surface area contributed by atoms with E-state index in [0.717, 1.165) is 5.56 Å². The van der Waals surface area contributed by atoms with Gasteiger partial charge in [0.25, 0.3) is 0 Å². The number of hydrogen-bond acceptors (Lipinski definition) is 3. The van der Waals surface area contributed by atoms with Crippen LogP contribution in [0.2, 0.25) is 0 Å². The van der Waals surface area contributed by atoms with Crippen LogP contribution in [0, 0.1) is 6.92 Å². The molecule has 0 spiro atoms. The van der Waals surface area contributed by atoms with Crippen molar-refractivity contribution in [2.75, 3.05) is 0 Å². The standard InChI is InChI=1S/C12H14O3S/c1-9-5-7-10(8-6-9)16(14,15)12-4-2-3-11(12)13/h5-8,12H,2-4H2,1H3. The molecule has 1 fully saturated rings. The highest BCUT2D eigenvalue weighted by atomic mass is 32.2. The molecule has 86 valence electrons. The first kappa shape index (κ1) is 11.3. The van der Waals surface area contributed by atoms with E-state index in [1.165, 1.54) is 0 Å². The molecule has 1 aliphatic rings. The van der Waals surface area contributed by atoms with Crippen molar-refractivity contribution >= 4 is 15.6 Å². The van der Waals surface area contributed by atoms with E-state index >= 15 is 0 Å². The van der Waals surface area contributed by atoms with Crippen LogP contribution in [0.1, 0.15) is 24.8 Å². The molecular weight excluding hydrogens is 224 g/mol. The average Bonchev–Trinajstić information content (AvgIpc) is 2.66. The van der Waals surface area contributed by atoms with Crippen molar-refractivity contribution in [3.05, 3.63) is 29.8 Å². The van der Waals surface area contributed by atoms with Crippen LogP contribution < -0.4 is 0 Å². The van der Waals surface area contributed by atoms with Gasteiger partial charge in [-0.05, 0) is 31.9 Å². The third-order valence-corrected chi connectivity index (χ3v) is 5.15. The summed E-state index contributed by atoms with van der Waals surface area (Å²) in [5.74, 6) is -0.138. The number of sulfone groups is 1. The summed E-state index contributed by atoms with van der Waals surface area (Å²) in [7, 11) is -3.45. The molecule has 0 saturated heterocycles. The van der Waals surface area contributed by atoms with E-state index in [1.807, 2.05) is 6.92 Å². The Morgan fingerprint density at radius 1 is 1.19 bits per heavy atom. The second-order valence-corrected chi connectivity index (χ2v) is 6.34. The van der Waals surface area contributed by atoms with E-state index in [2.05, 4.69) is 0 Å². The summed E-state index contributed by atoms with van der Waals surface area (Å²) in [5, 5.41) is -0.810. The zero-order valence-electron chi connectivity index (χ0n) is 9.14. The minimum absolute atomic E-state index is 0.138. The zero-order valence-corrected chi connectivity index (χ0v) is 9.96. The fraction of sp³-hybridized carbons (Fsp3) is 0.417. The second kappa shape index (κ2) is 4.01. The Morgan fingerprint density at radius 2 is 1.81 bits per heavy atom. The van der Waals surface area contributed by atoms with Gasteiger partial charge in [-0.2, -0.15) is 0 Å². The highest BCUT2D eigenvalue weighted by Crippen LogP contribution is 2.27. The zero-order chi connectivity index (χ0) is 11.8. The van der Waals surface area contributed by atoms with Crippen LogP contribution in [-0.4, -0.2) is 19.5 Å². The Labute approximate surface area is 95.4 Å². The molecule has 1 aromatic rings. The summed E-state index contributed by atoms with van der Waals surface area (Å²) in [6.07, 6.45) is 1.55. The van der Waals surface area contributed by atoms with E-state index in [-0.39, 0.29) is 10.7 Å². The summed E-state index contributed by atoms with van der Waals surface area (Å²) in [4.78, 5) is 11.7. The minimum Gasteiger partial charge on any atom is -0.298 e. The molecule has 0 N–H and O–H groups in total. The number of carbonyl (C=O) groups excluding carboxylic acids is 1. The van der Waals surface area contributed by atoms with Gasteiger partial charge in [0, 0.05) is 6.42 Å². The summed E-state index contributed by atoms with van der Waals surface area (Å²) in [6.45, 7) is 1.90. The molecule has 1 aliphatic carbocycles. The Balaban J connectivity index is 2.39. The SMILES string of the molecule is Cc1ccc(S(=O)(=O)C2CCCC2=O)cc1. The first-order chi connectivity index (χ1) is 7.51. The van der Waals surface area contributed by atoms with Gasteiger partial charge in [-0.3, -0.25) is 4.79 Å². The van der Waals surface area contributed by atoms with E-state index in [4.69, 9.17) is 0 Å². The minimum atomic E-state index is -3.45. The normalized spacial score (nSPS) is 21.3. The van der Waals surface area contributed by atoms with Gasteiger partial charge >= 0.3 is 0 Å². The molecule has 0 aromatic heterocycles. The lowest BCUT2D eigenvalue weighted by molar-refractivity contribution is -0.117. The molecule has 1 aromatic carbocycles. The van der Waals surface area contributed by atoms with Crippen molar-refractivity contribution in [1.29, 1.82) is 0 Å². The van der Waals surface area contributed by atoms with Crippen LogP contribution in [0.3, 0.4) is 0 Å². The Morgan fingerprint density at radius 3 is 2.31 bits per heavy atom. The van der Waals surface area contributed by atoms with Crippen LogP contribution in [0.25, 0.3) is 0 Å². The first-order valence-electron chi connectivity index (χ1n) is 5.35. The van der Waals surface area contributed by atoms with Crippen LogP contribution in [0.5, 0.6) is 0 Å². The van der Waals surface area contributed by atoms with Crippen molar-refractivity contribution in [1.82, 2.24) is 0 Å². The Bertz CT molecular complexity index is 500. The lowest BCUT2D eigenvalue weighted by atomic mass is 10.2. The molecule has 0 radical (unpaired) electrons. The van der Waals surface area contributed by atoms with Gasteiger partial charge in [0.1, 0.15) is 5.25 Å². The van der Waals surface area contributed by atoms with E-state index in [0.29, 0.717) is 19.3 Å². The summed E-state index contributed by atoms with van der Waals surface area (Å²) >= 11 is 0. The van der Waals surface area contributed by atoms with Crippen molar-refractivity contribution in [2.24, 2.45) is 0 Å². The number of ketones is 1. The highest BCUT2D eigenvalue weighted by molar-refractivity contribution is 7.92. The lowest BCUT2D eigenvalue weighted by Gasteiger charge is -2.10. The first-order valence-corrected chi connectivity index (χ1v) is 6.90. The quantitative estimate of drug-likeness (QED) is 0.790. The lowest BCUT2D eigenvalue weighted by Crippen LogP contribution is -2.25. The molecule has 0 bridgehead atoms. The maximum atomic E-state index is 12.1.